The molecule has 1 aliphatic heterocycles. The number of rotatable bonds is 3. The van der Waals surface area contributed by atoms with Crippen LogP contribution in [0.4, 0.5) is 22.1 Å². The van der Waals surface area contributed by atoms with Crippen LogP contribution in [-0.4, -0.2) is 39.9 Å². The number of hydrogen-bond donors (Lipinski definition) is 3. The van der Waals surface area contributed by atoms with Gasteiger partial charge in [0.2, 0.25) is 0 Å². The molecule has 0 spiro atoms. The van der Waals surface area contributed by atoms with Gasteiger partial charge in [-0.2, -0.15) is 0 Å². The summed E-state index contributed by atoms with van der Waals surface area (Å²) < 4.78 is 10.8. The van der Waals surface area contributed by atoms with E-state index in [0.717, 1.165) is 16.5 Å². The average Bonchev–Trinajstić information content (AvgIpc) is 3.09. The standard InChI is InChI=1S/C20H22N6O3/c1-11-13(7-23-9-15(11)21)16-5-12-6-17(24-8-14(12)18(22)25-16)26-19(27)29-20(2)3-4-28-10-20/h5-9H,3-4,10,21H2,1-2H3,(H2,22,25)(H,24,26,27). The van der Waals surface area contributed by atoms with Crippen LogP contribution >= 0.6 is 0 Å². The van der Waals surface area contributed by atoms with Crippen molar-refractivity contribution in [3.63, 3.8) is 0 Å². The van der Waals surface area contributed by atoms with E-state index < -0.39 is 11.7 Å². The zero-order valence-electron chi connectivity index (χ0n) is 16.2. The molecule has 1 aliphatic rings. The fraction of sp³-hybridized carbons (Fsp3) is 0.300. The first-order valence-electron chi connectivity index (χ1n) is 9.19. The summed E-state index contributed by atoms with van der Waals surface area (Å²) in [4.78, 5) is 25.1. The van der Waals surface area contributed by atoms with Gasteiger partial charge in [-0.25, -0.2) is 14.8 Å². The van der Waals surface area contributed by atoms with Crippen LogP contribution in [0.5, 0.6) is 0 Å². The van der Waals surface area contributed by atoms with Crippen molar-refractivity contribution in [2.45, 2.75) is 25.9 Å². The number of amides is 1. The summed E-state index contributed by atoms with van der Waals surface area (Å²) in [5.41, 5.74) is 14.3. The Bertz CT molecular complexity index is 1100. The highest BCUT2D eigenvalue weighted by Gasteiger charge is 2.33. The van der Waals surface area contributed by atoms with E-state index in [9.17, 15) is 4.79 Å². The first-order chi connectivity index (χ1) is 13.8. The molecular weight excluding hydrogens is 372 g/mol. The first kappa shape index (κ1) is 18.9. The molecule has 3 aromatic heterocycles. The van der Waals surface area contributed by atoms with Crippen LogP contribution in [0, 0.1) is 6.92 Å². The molecule has 3 aromatic rings. The van der Waals surface area contributed by atoms with E-state index in [-0.39, 0.29) is 0 Å². The quantitative estimate of drug-likeness (QED) is 0.616. The molecule has 1 amide bonds. The van der Waals surface area contributed by atoms with E-state index in [1.807, 2.05) is 19.9 Å². The summed E-state index contributed by atoms with van der Waals surface area (Å²) in [7, 11) is 0. The van der Waals surface area contributed by atoms with Crippen LogP contribution in [0.2, 0.25) is 0 Å². The van der Waals surface area contributed by atoms with Crippen molar-refractivity contribution in [3.8, 4) is 11.3 Å². The molecule has 1 saturated heterocycles. The fourth-order valence-electron chi connectivity index (χ4n) is 3.26. The van der Waals surface area contributed by atoms with Gasteiger partial charge < -0.3 is 20.9 Å². The Morgan fingerprint density at radius 1 is 1.28 bits per heavy atom. The number of ether oxygens (including phenoxy) is 2. The summed E-state index contributed by atoms with van der Waals surface area (Å²) in [5.74, 6) is 0.681. The molecule has 150 valence electrons. The number of anilines is 3. The Labute approximate surface area is 167 Å². The Morgan fingerprint density at radius 3 is 2.86 bits per heavy atom. The fourth-order valence-corrected chi connectivity index (χ4v) is 3.26. The third-order valence-electron chi connectivity index (χ3n) is 5.03. The SMILES string of the molecule is Cc1c(N)cncc1-c1cc2cc(NC(=O)OC3(C)CCOC3)ncc2c(N)n1. The molecular formula is C20H22N6O3. The molecule has 0 radical (unpaired) electrons. The van der Waals surface area contributed by atoms with Crippen LogP contribution in [0.1, 0.15) is 18.9 Å². The van der Waals surface area contributed by atoms with Crippen molar-refractivity contribution < 1.29 is 14.3 Å². The third-order valence-corrected chi connectivity index (χ3v) is 5.03. The third kappa shape index (κ3) is 3.77. The van der Waals surface area contributed by atoms with E-state index >= 15 is 0 Å². The molecule has 1 fully saturated rings. The molecule has 0 aliphatic carbocycles. The lowest BCUT2D eigenvalue weighted by Crippen LogP contribution is -2.34. The van der Waals surface area contributed by atoms with Gasteiger partial charge in [-0.15, -0.1) is 0 Å². The molecule has 4 rings (SSSR count). The van der Waals surface area contributed by atoms with E-state index in [1.54, 1.807) is 24.7 Å². The Balaban J connectivity index is 1.64. The number of fused-ring (bicyclic) bond motifs is 1. The summed E-state index contributed by atoms with van der Waals surface area (Å²) in [6.07, 6.45) is 4.94. The van der Waals surface area contributed by atoms with Crippen molar-refractivity contribution in [1.82, 2.24) is 15.0 Å². The predicted molar refractivity (Wildman–Crippen MR) is 110 cm³/mol. The molecule has 9 nitrogen and oxygen atoms in total. The average molecular weight is 394 g/mol. The molecule has 0 saturated carbocycles. The molecule has 0 bridgehead atoms. The van der Waals surface area contributed by atoms with Crippen molar-refractivity contribution in [3.05, 3.63) is 36.3 Å². The lowest BCUT2D eigenvalue weighted by atomic mass is 10.0. The molecule has 1 unspecified atom stereocenters. The van der Waals surface area contributed by atoms with Crippen molar-refractivity contribution in [1.29, 1.82) is 0 Å². The highest BCUT2D eigenvalue weighted by Crippen LogP contribution is 2.30. The van der Waals surface area contributed by atoms with Gasteiger partial charge in [0, 0.05) is 29.8 Å². The minimum atomic E-state index is -0.625. The number of nitrogens with two attached hydrogens (primary N) is 2. The lowest BCUT2D eigenvalue weighted by molar-refractivity contribution is 0.0241. The van der Waals surface area contributed by atoms with Crippen molar-refractivity contribution in [2.24, 2.45) is 0 Å². The van der Waals surface area contributed by atoms with E-state index in [2.05, 4.69) is 20.3 Å². The summed E-state index contributed by atoms with van der Waals surface area (Å²) in [6.45, 7) is 4.70. The van der Waals surface area contributed by atoms with Crippen molar-refractivity contribution in [2.75, 3.05) is 30.0 Å². The minimum Gasteiger partial charge on any atom is -0.440 e. The topological polar surface area (TPSA) is 138 Å². The molecule has 9 heteroatoms. The Morgan fingerprint density at radius 2 is 2.10 bits per heavy atom. The normalized spacial score (nSPS) is 18.7. The van der Waals surface area contributed by atoms with Gasteiger partial charge in [0.05, 0.1) is 30.8 Å². The van der Waals surface area contributed by atoms with Crippen LogP contribution < -0.4 is 16.8 Å². The molecule has 5 N–H and O–H groups in total. The van der Waals surface area contributed by atoms with Crippen LogP contribution in [-0.2, 0) is 9.47 Å². The monoisotopic (exact) mass is 394 g/mol. The highest BCUT2D eigenvalue weighted by atomic mass is 16.6. The highest BCUT2D eigenvalue weighted by molar-refractivity contribution is 5.96. The van der Waals surface area contributed by atoms with E-state index in [4.69, 9.17) is 20.9 Å². The second-order valence-electron chi connectivity index (χ2n) is 7.35. The van der Waals surface area contributed by atoms with Gasteiger partial charge in [-0.3, -0.25) is 10.3 Å². The number of nitrogen functional groups attached to an aromatic ring is 2. The number of nitrogens with one attached hydrogen (secondary N) is 1. The van der Waals surface area contributed by atoms with Gasteiger partial charge in [-0.05, 0) is 36.9 Å². The van der Waals surface area contributed by atoms with Crippen LogP contribution in [0.15, 0.2) is 30.7 Å². The number of carbonyl (C=O) groups is 1. The second-order valence-corrected chi connectivity index (χ2v) is 7.35. The first-order valence-corrected chi connectivity index (χ1v) is 9.19. The Kier molecular flexibility index (Phi) is 4.67. The van der Waals surface area contributed by atoms with Gasteiger partial charge in [0.25, 0.3) is 0 Å². The van der Waals surface area contributed by atoms with E-state index in [0.29, 0.717) is 48.0 Å². The van der Waals surface area contributed by atoms with Gasteiger partial charge in [-0.1, -0.05) is 0 Å². The smallest absolute Gasteiger partial charge is 0.413 e. The number of aromatic nitrogens is 3. The number of hydrogen-bond acceptors (Lipinski definition) is 8. The molecule has 0 aromatic carbocycles. The lowest BCUT2D eigenvalue weighted by Gasteiger charge is -2.22. The van der Waals surface area contributed by atoms with Gasteiger partial charge in [0.1, 0.15) is 17.2 Å². The predicted octanol–water partition coefficient (Wildman–Crippen LogP) is 2.89. The summed E-state index contributed by atoms with van der Waals surface area (Å²) in [5, 5.41) is 4.12. The van der Waals surface area contributed by atoms with Crippen LogP contribution in [0.3, 0.4) is 0 Å². The summed E-state index contributed by atoms with van der Waals surface area (Å²) in [6, 6.07) is 3.58. The number of carbonyl (C=O) groups excluding carboxylic acids is 1. The maximum atomic E-state index is 12.3. The Hall–Kier alpha value is -3.46. The zero-order valence-corrected chi connectivity index (χ0v) is 16.2. The summed E-state index contributed by atoms with van der Waals surface area (Å²) >= 11 is 0. The second kappa shape index (κ2) is 7.17. The van der Waals surface area contributed by atoms with Gasteiger partial charge in [0.15, 0.2) is 0 Å². The number of pyridine rings is 3. The largest absolute Gasteiger partial charge is 0.440 e. The number of nitrogens with zero attached hydrogens (tertiary/aromatic N) is 3. The molecule has 4 heterocycles. The molecule has 29 heavy (non-hydrogen) atoms. The van der Waals surface area contributed by atoms with Crippen molar-refractivity contribution >= 4 is 34.2 Å². The minimum absolute atomic E-state index is 0.330. The maximum absolute atomic E-state index is 12.3. The zero-order chi connectivity index (χ0) is 20.6. The maximum Gasteiger partial charge on any atom is 0.413 e. The molecule has 1 atom stereocenters. The van der Waals surface area contributed by atoms with Gasteiger partial charge >= 0.3 is 6.09 Å². The van der Waals surface area contributed by atoms with E-state index in [1.165, 1.54) is 0 Å². The van der Waals surface area contributed by atoms with Crippen LogP contribution in [0.25, 0.3) is 22.0 Å².